The maximum absolute atomic E-state index is 5.95. The lowest BCUT2D eigenvalue weighted by Gasteiger charge is -2.31. The van der Waals surface area contributed by atoms with Crippen LogP contribution in [0.25, 0.3) is 0 Å². The summed E-state index contributed by atoms with van der Waals surface area (Å²) in [6, 6.07) is 9.43. The molecule has 1 aromatic carbocycles. The third-order valence-corrected chi connectivity index (χ3v) is 3.78. The summed E-state index contributed by atoms with van der Waals surface area (Å²) in [5, 5.41) is 0. The summed E-state index contributed by atoms with van der Waals surface area (Å²) in [5.74, 6) is 0. The molecule has 2 heteroatoms. The van der Waals surface area contributed by atoms with Gasteiger partial charge in [-0.1, -0.05) is 36.2 Å². The zero-order valence-electron chi connectivity index (χ0n) is 9.86. The standard InChI is InChI=1S/C14H19NO/c1-11-5-7-12(8-6-11)14-15-9-3-2-4-13(15)10-16-14/h5-8,13-14H,2-4,9-10H2,1H3. The van der Waals surface area contributed by atoms with Gasteiger partial charge in [0.1, 0.15) is 6.23 Å². The summed E-state index contributed by atoms with van der Waals surface area (Å²) in [4.78, 5) is 2.54. The predicted octanol–water partition coefficient (Wildman–Crippen LogP) is 2.88. The minimum absolute atomic E-state index is 0.214. The highest BCUT2D eigenvalue weighted by molar-refractivity contribution is 5.23. The number of ether oxygens (including phenoxy) is 1. The molecule has 0 aliphatic carbocycles. The molecule has 1 aromatic rings. The van der Waals surface area contributed by atoms with Crippen molar-refractivity contribution in [1.29, 1.82) is 0 Å². The fourth-order valence-corrected chi connectivity index (χ4v) is 2.83. The van der Waals surface area contributed by atoms with E-state index in [1.54, 1.807) is 0 Å². The number of aryl methyl sites for hydroxylation is 1. The Labute approximate surface area is 97.2 Å². The van der Waals surface area contributed by atoms with Crippen LogP contribution in [0, 0.1) is 6.92 Å². The van der Waals surface area contributed by atoms with Gasteiger partial charge in [0.05, 0.1) is 6.61 Å². The second-order valence-electron chi connectivity index (χ2n) is 4.98. The lowest BCUT2D eigenvalue weighted by molar-refractivity contribution is 0.0232. The summed E-state index contributed by atoms with van der Waals surface area (Å²) < 4.78 is 5.95. The van der Waals surface area contributed by atoms with Gasteiger partial charge in [-0.15, -0.1) is 0 Å². The molecule has 0 radical (unpaired) electrons. The predicted molar refractivity (Wildman–Crippen MR) is 64.2 cm³/mol. The molecule has 2 aliphatic heterocycles. The van der Waals surface area contributed by atoms with Crippen LogP contribution in [0.15, 0.2) is 24.3 Å². The summed E-state index contributed by atoms with van der Waals surface area (Å²) in [6.07, 6.45) is 4.21. The lowest BCUT2D eigenvalue weighted by Crippen LogP contribution is -2.36. The van der Waals surface area contributed by atoms with E-state index >= 15 is 0 Å². The van der Waals surface area contributed by atoms with Gasteiger partial charge in [0.2, 0.25) is 0 Å². The number of rotatable bonds is 1. The van der Waals surface area contributed by atoms with Crippen molar-refractivity contribution in [2.75, 3.05) is 13.2 Å². The maximum atomic E-state index is 5.95. The van der Waals surface area contributed by atoms with Crippen molar-refractivity contribution >= 4 is 0 Å². The molecule has 2 unspecified atom stereocenters. The summed E-state index contributed by atoms with van der Waals surface area (Å²) in [7, 11) is 0. The Morgan fingerprint density at radius 3 is 2.81 bits per heavy atom. The van der Waals surface area contributed by atoms with Crippen LogP contribution < -0.4 is 0 Å². The van der Waals surface area contributed by atoms with E-state index in [1.165, 1.54) is 36.9 Å². The van der Waals surface area contributed by atoms with Crippen LogP contribution in [0.3, 0.4) is 0 Å². The zero-order valence-corrected chi connectivity index (χ0v) is 9.86. The molecule has 2 heterocycles. The van der Waals surface area contributed by atoms with E-state index < -0.39 is 0 Å². The minimum Gasteiger partial charge on any atom is -0.357 e. The molecule has 2 fully saturated rings. The van der Waals surface area contributed by atoms with E-state index in [4.69, 9.17) is 4.74 Å². The summed E-state index contributed by atoms with van der Waals surface area (Å²) in [5.41, 5.74) is 2.63. The number of nitrogens with zero attached hydrogens (tertiary/aromatic N) is 1. The molecular weight excluding hydrogens is 198 g/mol. The van der Waals surface area contributed by atoms with Crippen LogP contribution in [-0.4, -0.2) is 24.1 Å². The van der Waals surface area contributed by atoms with Crippen molar-refractivity contribution in [1.82, 2.24) is 4.90 Å². The molecule has 2 saturated heterocycles. The molecule has 2 nitrogen and oxygen atoms in total. The Morgan fingerprint density at radius 2 is 2.00 bits per heavy atom. The van der Waals surface area contributed by atoms with E-state index in [2.05, 4.69) is 36.1 Å². The molecule has 0 amide bonds. The zero-order chi connectivity index (χ0) is 11.0. The Hall–Kier alpha value is -0.860. The Morgan fingerprint density at radius 1 is 1.19 bits per heavy atom. The average molecular weight is 217 g/mol. The SMILES string of the molecule is Cc1ccc(C2OCC3CCCCN32)cc1. The van der Waals surface area contributed by atoms with Gasteiger partial charge in [-0.05, 0) is 25.3 Å². The van der Waals surface area contributed by atoms with E-state index in [-0.39, 0.29) is 6.23 Å². The molecule has 16 heavy (non-hydrogen) atoms. The van der Waals surface area contributed by atoms with E-state index in [0.717, 1.165) is 6.61 Å². The Bertz CT molecular complexity index is 360. The molecule has 0 bridgehead atoms. The van der Waals surface area contributed by atoms with E-state index in [9.17, 15) is 0 Å². The van der Waals surface area contributed by atoms with Crippen molar-refractivity contribution < 1.29 is 4.74 Å². The first-order chi connectivity index (χ1) is 7.84. The Balaban J connectivity index is 1.82. The molecule has 2 atom stereocenters. The number of hydrogen-bond donors (Lipinski definition) is 0. The first kappa shape index (κ1) is 10.3. The summed E-state index contributed by atoms with van der Waals surface area (Å²) >= 11 is 0. The molecule has 0 spiro atoms. The highest BCUT2D eigenvalue weighted by Crippen LogP contribution is 2.35. The van der Waals surface area contributed by atoms with Gasteiger partial charge in [0.25, 0.3) is 0 Å². The van der Waals surface area contributed by atoms with Gasteiger partial charge in [0.15, 0.2) is 0 Å². The second-order valence-corrected chi connectivity index (χ2v) is 4.98. The molecular formula is C14H19NO. The normalized spacial score (nSPS) is 30.3. The highest BCUT2D eigenvalue weighted by atomic mass is 16.5. The van der Waals surface area contributed by atoms with Gasteiger partial charge in [-0.25, -0.2) is 0 Å². The first-order valence-corrected chi connectivity index (χ1v) is 6.28. The molecule has 86 valence electrons. The van der Waals surface area contributed by atoms with Crippen molar-refractivity contribution in [2.45, 2.75) is 38.5 Å². The van der Waals surface area contributed by atoms with Crippen molar-refractivity contribution in [3.05, 3.63) is 35.4 Å². The van der Waals surface area contributed by atoms with Crippen LogP contribution >= 0.6 is 0 Å². The van der Waals surface area contributed by atoms with Crippen LogP contribution in [0.1, 0.15) is 36.6 Å². The number of benzene rings is 1. The van der Waals surface area contributed by atoms with Crippen LogP contribution in [0.5, 0.6) is 0 Å². The third-order valence-electron chi connectivity index (χ3n) is 3.78. The molecule has 2 aliphatic rings. The number of piperidine rings is 1. The maximum Gasteiger partial charge on any atom is 0.137 e. The fraction of sp³-hybridized carbons (Fsp3) is 0.571. The van der Waals surface area contributed by atoms with Gasteiger partial charge in [-0.2, -0.15) is 0 Å². The summed E-state index contributed by atoms with van der Waals surface area (Å²) in [6.45, 7) is 4.24. The lowest BCUT2D eigenvalue weighted by atomic mass is 10.0. The molecule has 0 saturated carbocycles. The Kier molecular flexibility index (Phi) is 2.70. The minimum atomic E-state index is 0.214. The first-order valence-electron chi connectivity index (χ1n) is 6.28. The van der Waals surface area contributed by atoms with E-state index in [1.807, 2.05) is 0 Å². The number of hydrogen-bond acceptors (Lipinski definition) is 2. The van der Waals surface area contributed by atoms with Crippen molar-refractivity contribution in [3.63, 3.8) is 0 Å². The average Bonchev–Trinajstić information content (AvgIpc) is 2.74. The van der Waals surface area contributed by atoms with Crippen LogP contribution in [0.4, 0.5) is 0 Å². The van der Waals surface area contributed by atoms with Gasteiger partial charge < -0.3 is 4.74 Å². The number of fused-ring (bicyclic) bond motifs is 1. The van der Waals surface area contributed by atoms with Crippen LogP contribution in [0.2, 0.25) is 0 Å². The van der Waals surface area contributed by atoms with E-state index in [0.29, 0.717) is 6.04 Å². The molecule has 3 rings (SSSR count). The van der Waals surface area contributed by atoms with Gasteiger partial charge >= 0.3 is 0 Å². The topological polar surface area (TPSA) is 12.5 Å². The third kappa shape index (κ3) is 1.76. The van der Waals surface area contributed by atoms with Crippen molar-refractivity contribution in [2.24, 2.45) is 0 Å². The largest absolute Gasteiger partial charge is 0.357 e. The second kappa shape index (κ2) is 4.19. The molecule has 0 N–H and O–H groups in total. The van der Waals surface area contributed by atoms with Crippen LogP contribution in [-0.2, 0) is 4.74 Å². The van der Waals surface area contributed by atoms with Crippen molar-refractivity contribution in [3.8, 4) is 0 Å². The highest BCUT2D eigenvalue weighted by Gasteiger charge is 2.36. The monoisotopic (exact) mass is 217 g/mol. The smallest absolute Gasteiger partial charge is 0.137 e. The molecule has 0 aromatic heterocycles. The van der Waals surface area contributed by atoms with Gasteiger partial charge in [-0.3, -0.25) is 4.90 Å². The van der Waals surface area contributed by atoms with Gasteiger partial charge in [0, 0.05) is 12.6 Å². The fourth-order valence-electron chi connectivity index (χ4n) is 2.83. The quantitative estimate of drug-likeness (QED) is 0.717.